The molecule has 34 heavy (non-hydrogen) atoms. The molecule has 2 amide bonds. The Hall–Kier alpha value is -3.81. The van der Waals surface area contributed by atoms with Gasteiger partial charge in [-0.3, -0.25) is 4.79 Å². The van der Waals surface area contributed by atoms with Crippen LogP contribution >= 0.6 is 0 Å². The molecule has 8 heteroatoms. The van der Waals surface area contributed by atoms with Gasteiger partial charge in [0.05, 0.1) is 18.4 Å². The van der Waals surface area contributed by atoms with Crippen LogP contribution in [0, 0.1) is 6.92 Å². The van der Waals surface area contributed by atoms with Gasteiger partial charge in [0.15, 0.2) is 0 Å². The molecule has 0 aliphatic carbocycles. The maximum atomic E-state index is 12.5. The van der Waals surface area contributed by atoms with E-state index in [1.807, 2.05) is 45.0 Å². The smallest absolute Gasteiger partial charge is 0.341 e. The number of carbonyl (C=O) groups is 3. The maximum Gasteiger partial charge on any atom is 0.341 e. The minimum Gasteiger partial charge on any atom is -0.496 e. The number of anilines is 1. The summed E-state index contributed by atoms with van der Waals surface area (Å²) in [6, 6.07) is 8.52. The highest BCUT2D eigenvalue weighted by Gasteiger charge is 2.32. The van der Waals surface area contributed by atoms with Crippen molar-refractivity contribution in [1.82, 2.24) is 5.32 Å². The van der Waals surface area contributed by atoms with Gasteiger partial charge in [0.25, 0.3) is 0 Å². The van der Waals surface area contributed by atoms with Gasteiger partial charge in [0.2, 0.25) is 0 Å². The molecule has 1 aliphatic rings. The third-order valence-corrected chi connectivity index (χ3v) is 5.61. The molecule has 0 atom stereocenters. The highest BCUT2D eigenvalue weighted by atomic mass is 16.5. The molecule has 0 fully saturated rings. The largest absolute Gasteiger partial charge is 0.496 e. The van der Waals surface area contributed by atoms with Crippen molar-refractivity contribution < 1.29 is 28.6 Å². The number of hydrogen-bond donors (Lipinski definition) is 2. The Morgan fingerprint density at radius 2 is 1.91 bits per heavy atom. The fraction of sp³-hybridized carbons (Fsp3) is 0.346. The quantitative estimate of drug-likeness (QED) is 0.316. The topological polar surface area (TPSA) is 103 Å². The first-order valence-electron chi connectivity index (χ1n) is 11.2. The Morgan fingerprint density at radius 3 is 2.59 bits per heavy atom. The fourth-order valence-electron chi connectivity index (χ4n) is 3.86. The number of ether oxygens (including phenoxy) is 3. The first-order valence-corrected chi connectivity index (χ1v) is 11.2. The summed E-state index contributed by atoms with van der Waals surface area (Å²) >= 11 is 0. The average Bonchev–Trinajstić information content (AvgIpc) is 3.21. The maximum absolute atomic E-state index is 12.5. The molecule has 0 aromatic heterocycles. The molecule has 8 nitrogen and oxygen atoms in total. The van der Waals surface area contributed by atoms with Crippen LogP contribution in [0.25, 0.3) is 0 Å². The van der Waals surface area contributed by atoms with Crippen molar-refractivity contribution >= 4 is 23.7 Å². The zero-order chi connectivity index (χ0) is 24.7. The zero-order valence-electron chi connectivity index (χ0n) is 19.9. The van der Waals surface area contributed by atoms with Crippen molar-refractivity contribution in [1.29, 1.82) is 0 Å². The standard InChI is InChI=1S/C26H30N2O6/c1-5-27-26(31)28-23-19(24(32-4)17(3)20-15-33-25(30)22(20)23)13-11-16(2)12-14-21(29)34-18-9-7-6-8-10-18/h6-11H,5,12-15H2,1-4H3,(H2,27,28,31)/b16-11+. The number of nitrogens with one attached hydrogen (secondary N) is 2. The van der Waals surface area contributed by atoms with E-state index in [2.05, 4.69) is 10.6 Å². The number of hydrogen-bond acceptors (Lipinski definition) is 6. The highest BCUT2D eigenvalue weighted by molar-refractivity contribution is 6.05. The Labute approximate surface area is 199 Å². The molecular weight excluding hydrogens is 436 g/mol. The van der Waals surface area contributed by atoms with E-state index in [4.69, 9.17) is 14.2 Å². The van der Waals surface area contributed by atoms with Gasteiger partial charge in [-0.15, -0.1) is 0 Å². The molecule has 0 spiro atoms. The van der Waals surface area contributed by atoms with Crippen LogP contribution in [-0.2, 0) is 22.6 Å². The Balaban J connectivity index is 1.82. The summed E-state index contributed by atoms with van der Waals surface area (Å²) in [5.41, 5.74) is 3.90. The summed E-state index contributed by atoms with van der Waals surface area (Å²) in [6.45, 7) is 6.18. The van der Waals surface area contributed by atoms with Crippen molar-refractivity contribution in [2.75, 3.05) is 19.0 Å². The van der Waals surface area contributed by atoms with Crippen LogP contribution in [0.15, 0.2) is 42.0 Å². The second-order valence-corrected chi connectivity index (χ2v) is 7.97. The lowest BCUT2D eigenvalue weighted by Gasteiger charge is -2.20. The Morgan fingerprint density at radius 1 is 1.18 bits per heavy atom. The van der Waals surface area contributed by atoms with Gasteiger partial charge in [-0.1, -0.05) is 29.8 Å². The van der Waals surface area contributed by atoms with Gasteiger partial charge in [-0.2, -0.15) is 0 Å². The summed E-state index contributed by atoms with van der Waals surface area (Å²) in [7, 11) is 1.56. The fourth-order valence-corrected chi connectivity index (χ4v) is 3.86. The molecule has 0 bridgehead atoms. The van der Waals surface area contributed by atoms with E-state index in [9.17, 15) is 14.4 Å². The Kier molecular flexibility index (Phi) is 8.29. The molecule has 2 aromatic rings. The van der Waals surface area contributed by atoms with E-state index in [-0.39, 0.29) is 19.0 Å². The lowest BCUT2D eigenvalue weighted by atomic mass is 9.93. The summed E-state index contributed by atoms with van der Waals surface area (Å²) in [6.07, 6.45) is 3.10. The van der Waals surface area contributed by atoms with Crippen LogP contribution in [0.3, 0.4) is 0 Å². The van der Waals surface area contributed by atoms with E-state index in [0.29, 0.717) is 53.3 Å². The van der Waals surface area contributed by atoms with Gasteiger partial charge < -0.3 is 24.8 Å². The van der Waals surface area contributed by atoms with Gasteiger partial charge in [-0.25, -0.2) is 9.59 Å². The monoisotopic (exact) mass is 466 g/mol. The zero-order valence-corrected chi connectivity index (χ0v) is 19.9. The van der Waals surface area contributed by atoms with E-state index < -0.39 is 12.0 Å². The number of amides is 2. The third-order valence-electron chi connectivity index (χ3n) is 5.61. The molecule has 1 heterocycles. The SMILES string of the molecule is CCNC(=O)Nc1c(C/C=C(\C)CCC(=O)Oc2ccccc2)c(OC)c(C)c2c1C(=O)OC2. The van der Waals surface area contributed by atoms with E-state index >= 15 is 0 Å². The molecule has 2 N–H and O–H groups in total. The van der Waals surface area contributed by atoms with Crippen LogP contribution in [-0.4, -0.2) is 31.6 Å². The first kappa shape index (κ1) is 24.8. The van der Waals surface area contributed by atoms with Crippen molar-refractivity contribution in [3.8, 4) is 11.5 Å². The molecule has 0 saturated heterocycles. The van der Waals surface area contributed by atoms with Gasteiger partial charge in [0.1, 0.15) is 18.1 Å². The summed E-state index contributed by atoms with van der Waals surface area (Å²) < 4.78 is 16.3. The number of urea groups is 1. The minimum absolute atomic E-state index is 0.138. The van der Waals surface area contributed by atoms with Crippen molar-refractivity contribution in [3.63, 3.8) is 0 Å². The molecule has 1 aliphatic heterocycles. The van der Waals surface area contributed by atoms with Gasteiger partial charge >= 0.3 is 18.0 Å². The number of allylic oxidation sites excluding steroid dienone is 2. The molecule has 180 valence electrons. The summed E-state index contributed by atoms with van der Waals surface area (Å²) in [5.74, 6) is 0.321. The summed E-state index contributed by atoms with van der Waals surface area (Å²) in [5, 5.41) is 5.50. The molecule has 0 unspecified atom stereocenters. The second-order valence-electron chi connectivity index (χ2n) is 7.97. The van der Waals surface area contributed by atoms with Crippen LogP contribution < -0.4 is 20.1 Å². The predicted octanol–water partition coefficient (Wildman–Crippen LogP) is 4.69. The van der Waals surface area contributed by atoms with E-state index in [1.54, 1.807) is 19.2 Å². The minimum atomic E-state index is -0.474. The number of cyclic esters (lactones) is 1. The third kappa shape index (κ3) is 5.75. The molecule has 0 saturated carbocycles. The van der Waals surface area contributed by atoms with Crippen LogP contribution in [0.2, 0.25) is 0 Å². The van der Waals surface area contributed by atoms with Crippen LogP contribution in [0.5, 0.6) is 11.5 Å². The number of para-hydroxylation sites is 1. The van der Waals surface area contributed by atoms with Crippen molar-refractivity contribution in [2.24, 2.45) is 0 Å². The van der Waals surface area contributed by atoms with E-state index in [0.717, 1.165) is 11.1 Å². The molecule has 0 radical (unpaired) electrons. The lowest BCUT2D eigenvalue weighted by Crippen LogP contribution is -2.29. The number of fused-ring (bicyclic) bond motifs is 1. The second kappa shape index (κ2) is 11.4. The lowest BCUT2D eigenvalue weighted by molar-refractivity contribution is -0.134. The molecule has 3 rings (SSSR count). The normalized spacial score (nSPS) is 12.6. The number of rotatable bonds is 9. The van der Waals surface area contributed by atoms with Crippen molar-refractivity contribution in [3.05, 3.63) is 64.2 Å². The molecule has 2 aromatic carbocycles. The van der Waals surface area contributed by atoms with Crippen LogP contribution in [0.1, 0.15) is 53.7 Å². The number of carbonyl (C=O) groups excluding carboxylic acids is 3. The Bertz CT molecular complexity index is 1110. The number of methoxy groups -OCH3 is 1. The van der Waals surface area contributed by atoms with Gasteiger partial charge in [-0.05, 0) is 51.3 Å². The first-order chi connectivity index (χ1) is 16.3. The highest BCUT2D eigenvalue weighted by Crippen LogP contribution is 2.41. The average molecular weight is 467 g/mol. The van der Waals surface area contributed by atoms with Gasteiger partial charge in [0, 0.05) is 24.1 Å². The predicted molar refractivity (Wildman–Crippen MR) is 128 cm³/mol. The number of benzene rings is 2. The van der Waals surface area contributed by atoms with Crippen molar-refractivity contribution in [2.45, 2.75) is 46.6 Å². The van der Waals surface area contributed by atoms with Crippen LogP contribution in [0.4, 0.5) is 10.5 Å². The van der Waals surface area contributed by atoms with E-state index in [1.165, 1.54) is 0 Å². The summed E-state index contributed by atoms with van der Waals surface area (Å²) in [4.78, 5) is 37.0. The number of esters is 2. The molecular formula is C26H30N2O6.